The van der Waals surface area contributed by atoms with Gasteiger partial charge in [0.25, 0.3) is 0 Å². The zero-order valence-electron chi connectivity index (χ0n) is 23.7. The Morgan fingerprint density at radius 3 is 0.290 bits per heavy atom. The summed E-state index contributed by atoms with van der Waals surface area (Å²) in [5.74, 6) is 0. The van der Waals surface area contributed by atoms with Gasteiger partial charge in [-0.25, -0.2) is 0 Å². The molecule has 0 aliphatic heterocycles. The zero-order chi connectivity index (χ0) is 24.7. The van der Waals surface area contributed by atoms with Crippen LogP contribution in [0.1, 0.15) is 83.1 Å². The summed E-state index contributed by atoms with van der Waals surface area (Å²) >= 11 is 0. The summed E-state index contributed by atoms with van der Waals surface area (Å²) in [5.41, 5.74) is 0. The third-order valence-corrected chi connectivity index (χ3v) is 2.68. The van der Waals surface area contributed by atoms with Crippen LogP contribution in [0, 0.1) is 31.1 Å². The molecule has 0 aromatic heterocycles. The molecule has 1 radical (unpaired) electrons. The van der Waals surface area contributed by atoms with Crippen molar-refractivity contribution in [3.8, 4) is 0 Å². The molecule has 0 saturated heterocycles. The predicted octanol–water partition coefficient (Wildman–Crippen LogP) is 8.40. The van der Waals surface area contributed by atoms with Gasteiger partial charge in [-0.2, -0.15) is 78.5 Å². The first-order valence-electron chi connectivity index (χ1n) is 12.3. The van der Waals surface area contributed by atoms with Crippen LogP contribution in [0.15, 0.2) is 0 Å². The van der Waals surface area contributed by atoms with Crippen molar-refractivity contribution >= 4 is 0 Å². The molecular formula is C24H60N6U-3. The van der Waals surface area contributed by atoms with Gasteiger partial charge < -0.3 is 31.9 Å². The maximum atomic E-state index is 3.97. The third kappa shape index (κ3) is 156. The molecule has 0 rings (SSSR count). The number of rotatable bonds is 12. The second-order valence-corrected chi connectivity index (χ2v) is 5.14. The van der Waals surface area contributed by atoms with Gasteiger partial charge in [0.15, 0.2) is 0 Å². The minimum atomic E-state index is 0. The van der Waals surface area contributed by atoms with Crippen LogP contribution in [0.5, 0.6) is 0 Å². The number of nitrogens with zero attached hydrogens (tertiary/aromatic N) is 6. The fraction of sp³-hybridized carbons (Fsp3) is 1.00. The van der Waals surface area contributed by atoms with Gasteiger partial charge in [-0.3, -0.25) is 0 Å². The SMILES string of the molecule is CC[N-]CC.CC[N-]CC.CC[N-]CC.CC[N-]CC.CC[N-]CC.CC[N-]CC.[U+3]. The normalized spacial score (nSPS) is 8.13. The smallest absolute Gasteiger partial charge is 0.663 e. The molecule has 6 nitrogen and oxygen atoms in total. The minimum absolute atomic E-state index is 0. The second-order valence-electron chi connectivity index (χ2n) is 5.14. The largest absolute Gasteiger partial charge is 3.00 e. The summed E-state index contributed by atoms with van der Waals surface area (Å²) < 4.78 is 0. The van der Waals surface area contributed by atoms with Gasteiger partial charge in [0.2, 0.25) is 0 Å². The van der Waals surface area contributed by atoms with Crippen molar-refractivity contribution < 1.29 is 31.1 Å². The Morgan fingerprint density at radius 1 is 0.226 bits per heavy atom. The molecule has 0 aromatic carbocycles. The van der Waals surface area contributed by atoms with Crippen molar-refractivity contribution in [2.75, 3.05) is 78.5 Å². The van der Waals surface area contributed by atoms with Crippen LogP contribution in [0.3, 0.4) is 0 Å². The molecule has 0 fully saturated rings. The summed E-state index contributed by atoms with van der Waals surface area (Å²) in [5, 5.41) is 23.8. The molecule has 0 spiro atoms. The first-order chi connectivity index (χ1) is 14.5. The van der Waals surface area contributed by atoms with Gasteiger partial charge in [-0.05, 0) is 0 Å². The van der Waals surface area contributed by atoms with E-state index in [1.54, 1.807) is 0 Å². The molecule has 7 heteroatoms. The van der Waals surface area contributed by atoms with Crippen LogP contribution < -0.4 is 0 Å². The molecular weight excluding hydrogens is 610 g/mol. The van der Waals surface area contributed by atoms with Crippen LogP contribution >= 0.6 is 0 Å². The fourth-order valence-electron chi connectivity index (χ4n) is 1.34. The van der Waals surface area contributed by atoms with Crippen molar-refractivity contribution in [1.29, 1.82) is 0 Å². The standard InChI is InChI=1S/6C4H10N.U/c6*1-3-5-4-2;/h6*3-4H2,1-2H3;/q6*-1;+3. The molecule has 0 heterocycles. The molecule has 0 aromatic rings. The van der Waals surface area contributed by atoms with Gasteiger partial charge in [0.1, 0.15) is 0 Å². The van der Waals surface area contributed by atoms with E-state index in [4.69, 9.17) is 0 Å². The summed E-state index contributed by atoms with van der Waals surface area (Å²) in [6.45, 7) is 36.2. The second kappa shape index (κ2) is 77.4. The molecule has 0 amide bonds. The number of hydrogen-bond acceptors (Lipinski definition) is 0. The molecule has 0 N–H and O–H groups in total. The van der Waals surface area contributed by atoms with E-state index in [9.17, 15) is 0 Å². The maximum absolute atomic E-state index is 3.97. The van der Waals surface area contributed by atoms with Crippen molar-refractivity contribution in [2.45, 2.75) is 83.1 Å². The van der Waals surface area contributed by atoms with Gasteiger partial charge in [-0.15, -0.1) is 0 Å². The third-order valence-electron chi connectivity index (χ3n) is 2.68. The van der Waals surface area contributed by atoms with Crippen LogP contribution in [-0.4, -0.2) is 78.5 Å². The molecule has 0 saturated carbocycles. The molecule has 31 heavy (non-hydrogen) atoms. The average molecular weight is 671 g/mol. The van der Waals surface area contributed by atoms with Crippen LogP contribution in [-0.2, 0) is 0 Å². The van der Waals surface area contributed by atoms with E-state index in [1.165, 1.54) is 0 Å². The van der Waals surface area contributed by atoms with Crippen LogP contribution in [0.2, 0.25) is 0 Å². The molecule has 0 bridgehead atoms. The molecule has 0 unspecified atom stereocenters. The van der Waals surface area contributed by atoms with E-state index in [0.717, 1.165) is 78.5 Å². The van der Waals surface area contributed by atoms with Gasteiger partial charge in [0.05, 0.1) is 0 Å². The zero-order valence-corrected chi connectivity index (χ0v) is 27.8. The van der Waals surface area contributed by atoms with E-state index in [2.05, 4.69) is 31.9 Å². The Balaban J connectivity index is -0.0000000443. The van der Waals surface area contributed by atoms with E-state index in [-0.39, 0.29) is 31.1 Å². The van der Waals surface area contributed by atoms with Crippen molar-refractivity contribution in [3.05, 3.63) is 31.9 Å². The molecule has 0 aliphatic carbocycles. The summed E-state index contributed by atoms with van der Waals surface area (Å²) in [4.78, 5) is 0. The first kappa shape index (κ1) is 49.1. The molecule has 0 atom stereocenters. The predicted molar refractivity (Wildman–Crippen MR) is 147 cm³/mol. The quantitative estimate of drug-likeness (QED) is 0.200. The van der Waals surface area contributed by atoms with E-state index in [0.29, 0.717) is 0 Å². The summed E-state index contributed by atoms with van der Waals surface area (Å²) in [7, 11) is 0. The first-order valence-corrected chi connectivity index (χ1v) is 12.3. The Labute approximate surface area is 223 Å². The van der Waals surface area contributed by atoms with Gasteiger partial charge in [-0.1, -0.05) is 83.1 Å². The average Bonchev–Trinajstić information content (AvgIpc) is 2.74. The number of hydrogen-bond donors (Lipinski definition) is 0. The minimum Gasteiger partial charge on any atom is -0.663 e. The van der Waals surface area contributed by atoms with Crippen molar-refractivity contribution in [1.82, 2.24) is 0 Å². The molecule has 0 aliphatic rings. The van der Waals surface area contributed by atoms with E-state index in [1.807, 2.05) is 83.1 Å². The van der Waals surface area contributed by atoms with Crippen LogP contribution in [0.25, 0.3) is 31.9 Å². The van der Waals surface area contributed by atoms with Gasteiger partial charge >= 0.3 is 31.1 Å². The Bertz CT molecular complexity index is 120. The summed E-state index contributed by atoms with van der Waals surface area (Å²) in [6, 6.07) is 0. The van der Waals surface area contributed by atoms with E-state index >= 15 is 0 Å². The van der Waals surface area contributed by atoms with Crippen molar-refractivity contribution in [3.63, 3.8) is 0 Å². The Hall–Kier alpha value is 0.812. The van der Waals surface area contributed by atoms with Crippen LogP contribution in [0.4, 0.5) is 0 Å². The molecule has 193 valence electrons. The Kier molecular flexibility index (Phi) is 122. The maximum Gasteiger partial charge on any atom is 3.00 e. The summed E-state index contributed by atoms with van der Waals surface area (Å²) in [6.07, 6.45) is 0. The van der Waals surface area contributed by atoms with Gasteiger partial charge in [0, 0.05) is 0 Å². The topological polar surface area (TPSA) is 84.6 Å². The Morgan fingerprint density at radius 2 is 0.290 bits per heavy atom. The van der Waals surface area contributed by atoms with E-state index < -0.39 is 0 Å². The van der Waals surface area contributed by atoms with Crippen molar-refractivity contribution in [2.24, 2.45) is 0 Å². The monoisotopic (exact) mass is 671 g/mol. The fourth-order valence-corrected chi connectivity index (χ4v) is 1.34.